The van der Waals surface area contributed by atoms with Crippen LogP contribution in [0.25, 0.3) is 0 Å². The fraction of sp³-hybridized carbons (Fsp3) is 0.172. The van der Waals surface area contributed by atoms with Gasteiger partial charge >= 0.3 is 11.9 Å². The third-order valence-electron chi connectivity index (χ3n) is 4.88. The van der Waals surface area contributed by atoms with Crippen LogP contribution in [0, 0.1) is 0 Å². The summed E-state index contributed by atoms with van der Waals surface area (Å²) in [6.07, 6.45) is 3.28. The summed E-state index contributed by atoms with van der Waals surface area (Å²) in [4.78, 5) is 23.0. The van der Waals surface area contributed by atoms with Crippen molar-refractivity contribution in [3.05, 3.63) is 132 Å². The third kappa shape index (κ3) is 9.17. The Labute approximate surface area is 200 Å². The molecule has 0 N–H and O–H groups in total. The van der Waals surface area contributed by atoms with Gasteiger partial charge in [-0.25, -0.2) is 4.79 Å². The molecule has 1 aromatic heterocycles. The molecule has 3 aromatic carbocycles. The fourth-order valence-electron chi connectivity index (χ4n) is 3.11. The van der Waals surface area contributed by atoms with Crippen LogP contribution in [0.4, 0.5) is 0 Å². The number of rotatable bonds is 9. The first-order valence-corrected chi connectivity index (χ1v) is 11.2. The minimum Gasteiger partial charge on any atom is -0.465 e. The molecule has 0 aliphatic heterocycles. The van der Waals surface area contributed by atoms with Crippen molar-refractivity contribution in [3.8, 4) is 0 Å². The lowest BCUT2D eigenvalue weighted by Gasteiger charge is -2.05. The van der Waals surface area contributed by atoms with Crippen molar-refractivity contribution in [2.75, 3.05) is 13.2 Å². The highest BCUT2D eigenvalue weighted by atomic mass is 16.5. The first-order valence-electron chi connectivity index (χ1n) is 11.2. The Bertz CT molecular complexity index is 1090. The van der Waals surface area contributed by atoms with Gasteiger partial charge in [-0.3, -0.25) is 4.79 Å². The van der Waals surface area contributed by atoms with E-state index in [-0.39, 0.29) is 11.7 Å². The Morgan fingerprint density at radius 3 is 1.59 bits per heavy atom. The summed E-state index contributed by atoms with van der Waals surface area (Å²) in [5, 5.41) is 0. The van der Waals surface area contributed by atoms with Crippen LogP contribution in [0.3, 0.4) is 0 Å². The molecule has 0 aliphatic rings. The number of hydrogen-bond donors (Lipinski definition) is 0. The lowest BCUT2D eigenvalue weighted by molar-refractivity contribution is -0.142. The molecule has 0 saturated carbocycles. The Balaban J connectivity index is 0.000000192. The number of benzene rings is 3. The molecule has 0 aliphatic carbocycles. The molecular formula is C29H28O5. The van der Waals surface area contributed by atoms with Crippen molar-refractivity contribution in [2.45, 2.75) is 19.3 Å². The van der Waals surface area contributed by atoms with Gasteiger partial charge in [-0.15, -0.1) is 0 Å². The van der Waals surface area contributed by atoms with Crippen molar-refractivity contribution in [1.29, 1.82) is 0 Å². The highest BCUT2D eigenvalue weighted by Gasteiger charge is 2.09. The lowest BCUT2D eigenvalue weighted by atomic mass is 10.1. The van der Waals surface area contributed by atoms with Crippen LogP contribution in [-0.4, -0.2) is 25.2 Å². The van der Waals surface area contributed by atoms with Gasteiger partial charge in [0.15, 0.2) is 0 Å². The highest BCUT2D eigenvalue weighted by molar-refractivity contribution is 5.86. The smallest absolute Gasteiger partial charge is 0.374 e. The van der Waals surface area contributed by atoms with Crippen molar-refractivity contribution in [3.63, 3.8) is 0 Å². The molecule has 0 saturated heterocycles. The molecule has 174 valence electrons. The first-order chi connectivity index (χ1) is 16.7. The zero-order valence-corrected chi connectivity index (χ0v) is 19.0. The molecular weight excluding hydrogens is 428 g/mol. The largest absolute Gasteiger partial charge is 0.465 e. The Hall–Kier alpha value is -4.12. The maximum atomic E-state index is 11.6. The quantitative estimate of drug-likeness (QED) is 0.303. The normalized spacial score (nSPS) is 10.0. The van der Waals surface area contributed by atoms with Gasteiger partial charge in [-0.1, -0.05) is 91.0 Å². The molecule has 0 bridgehead atoms. The van der Waals surface area contributed by atoms with E-state index in [9.17, 15) is 9.59 Å². The monoisotopic (exact) mass is 456 g/mol. The minimum absolute atomic E-state index is 0.169. The minimum atomic E-state index is -0.416. The van der Waals surface area contributed by atoms with Gasteiger partial charge in [0.1, 0.15) is 0 Å². The van der Waals surface area contributed by atoms with Crippen LogP contribution >= 0.6 is 0 Å². The van der Waals surface area contributed by atoms with Crippen molar-refractivity contribution in [2.24, 2.45) is 0 Å². The van der Waals surface area contributed by atoms with E-state index in [1.54, 1.807) is 12.1 Å². The molecule has 0 unspecified atom stereocenters. The van der Waals surface area contributed by atoms with E-state index in [1.807, 2.05) is 91.0 Å². The maximum absolute atomic E-state index is 11.6. The van der Waals surface area contributed by atoms with Crippen molar-refractivity contribution >= 4 is 11.9 Å². The summed E-state index contributed by atoms with van der Waals surface area (Å²) in [6.45, 7) is 0.805. The Kier molecular flexibility index (Phi) is 10.2. The van der Waals surface area contributed by atoms with Gasteiger partial charge in [0.2, 0.25) is 5.76 Å². The van der Waals surface area contributed by atoms with Crippen LogP contribution in [-0.2, 0) is 33.5 Å². The summed E-state index contributed by atoms with van der Waals surface area (Å²) in [6, 6.07) is 32.8. The molecule has 0 radical (unpaired) electrons. The van der Waals surface area contributed by atoms with E-state index in [0.717, 1.165) is 17.5 Å². The van der Waals surface area contributed by atoms with Crippen molar-refractivity contribution in [1.82, 2.24) is 0 Å². The summed E-state index contributed by atoms with van der Waals surface area (Å²) < 4.78 is 15.2. The molecule has 0 fully saturated rings. The van der Waals surface area contributed by atoms with Crippen molar-refractivity contribution < 1.29 is 23.5 Å². The van der Waals surface area contributed by atoms with E-state index in [4.69, 9.17) is 13.9 Å². The SMILES string of the molecule is O=C(Cc1ccccc1)OCCc1ccccc1.O=C(OCCc1ccccc1)c1ccco1. The van der Waals surface area contributed by atoms with Crippen LogP contribution in [0.5, 0.6) is 0 Å². The fourth-order valence-corrected chi connectivity index (χ4v) is 3.11. The Morgan fingerprint density at radius 1 is 0.588 bits per heavy atom. The number of furan rings is 1. The molecule has 5 nitrogen and oxygen atoms in total. The van der Waals surface area contributed by atoms with Gasteiger partial charge in [-0.2, -0.15) is 0 Å². The van der Waals surface area contributed by atoms with Crippen LogP contribution in [0.2, 0.25) is 0 Å². The second-order valence-corrected chi connectivity index (χ2v) is 7.47. The molecule has 34 heavy (non-hydrogen) atoms. The summed E-state index contributed by atoms with van der Waals surface area (Å²) in [5.74, 6) is -0.342. The number of esters is 2. The van der Waals surface area contributed by atoms with Crippen LogP contribution in [0.15, 0.2) is 114 Å². The van der Waals surface area contributed by atoms with Crippen LogP contribution in [0.1, 0.15) is 27.2 Å². The second-order valence-electron chi connectivity index (χ2n) is 7.47. The zero-order valence-electron chi connectivity index (χ0n) is 19.0. The molecule has 4 rings (SSSR count). The predicted octanol–water partition coefficient (Wildman–Crippen LogP) is 5.69. The molecule has 0 atom stereocenters. The highest BCUT2D eigenvalue weighted by Crippen LogP contribution is 2.05. The van der Waals surface area contributed by atoms with E-state index in [2.05, 4.69) is 0 Å². The van der Waals surface area contributed by atoms with E-state index < -0.39 is 5.97 Å². The van der Waals surface area contributed by atoms with Gasteiger partial charge in [0, 0.05) is 12.8 Å². The van der Waals surface area contributed by atoms with Gasteiger partial charge < -0.3 is 13.9 Å². The van der Waals surface area contributed by atoms with Gasteiger partial charge in [0.25, 0.3) is 0 Å². The number of hydrogen-bond acceptors (Lipinski definition) is 5. The van der Waals surface area contributed by atoms with E-state index in [1.165, 1.54) is 11.8 Å². The maximum Gasteiger partial charge on any atom is 0.374 e. The number of carbonyl (C=O) groups is 2. The molecule has 5 heteroatoms. The molecule has 0 amide bonds. The van der Waals surface area contributed by atoms with Gasteiger partial charge in [0.05, 0.1) is 25.9 Å². The van der Waals surface area contributed by atoms with E-state index >= 15 is 0 Å². The average molecular weight is 457 g/mol. The first kappa shape index (κ1) is 24.5. The number of carbonyl (C=O) groups excluding carboxylic acids is 2. The summed E-state index contributed by atoms with van der Waals surface area (Å²) in [5.41, 5.74) is 3.32. The Morgan fingerprint density at radius 2 is 1.09 bits per heavy atom. The predicted molar refractivity (Wildman–Crippen MR) is 130 cm³/mol. The van der Waals surface area contributed by atoms with Gasteiger partial charge in [-0.05, 0) is 28.8 Å². The summed E-state index contributed by atoms with van der Waals surface area (Å²) >= 11 is 0. The topological polar surface area (TPSA) is 65.7 Å². The number of ether oxygens (including phenoxy) is 2. The molecule has 1 heterocycles. The molecule has 0 spiro atoms. The van der Waals surface area contributed by atoms with Crippen LogP contribution < -0.4 is 0 Å². The average Bonchev–Trinajstić information content (AvgIpc) is 3.42. The standard InChI is InChI=1S/C16H16O2.C13H12O3/c17-16(13-15-9-5-2-6-10-15)18-12-11-14-7-3-1-4-8-14;14-13(12-7-4-9-15-12)16-10-8-11-5-2-1-3-6-11/h1-10H,11-13H2;1-7,9H,8,10H2. The second kappa shape index (κ2) is 14.1. The summed E-state index contributed by atoms with van der Waals surface area (Å²) in [7, 11) is 0. The lowest BCUT2D eigenvalue weighted by Crippen LogP contribution is -2.10. The third-order valence-corrected chi connectivity index (χ3v) is 4.88. The zero-order chi connectivity index (χ0) is 23.8. The van der Waals surface area contributed by atoms with E-state index in [0.29, 0.717) is 26.1 Å². The molecule has 4 aromatic rings.